The monoisotopic (exact) mass is 307 g/mol. The van der Waals surface area contributed by atoms with Crippen molar-refractivity contribution in [2.45, 2.75) is 25.7 Å². The lowest BCUT2D eigenvalue weighted by Gasteiger charge is -2.13. The van der Waals surface area contributed by atoms with Gasteiger partial charge in [0.05, 0.1) is 11.6 Å². The third-order valence-electron chi connectivity index (χ3n) is 2.99. The van der Waals surface area contributed by atoms with E-state index in [0.29, 0.717) is 12.1 Å². The highest BCUT2D eigenvalue weighted by molar-refractivity contribution is 9.10. The highest BCUT2D eigenvalue weighted by Crippen LogP contribution is 2.30. The molecule has 0 spiro atoms. The number of aliphatic carboxylic acids is 1. The second-order valence-electron chi connectivity index (χ2n) is 4.21. The normalized spacial score (nSPS) is 12.6. The Hall–Kier alpha value is -1.42. The van der Waals surface area contributed by atoms with Crippen LogP contribution in [0.25, 0.3) is 10.8 Å². The molecule has 1 atom stereocenters. The van der Waals surface area contributed by atoms with Gasteiger partial charge in [0.25, 0.3) is 0 Å². The molecule has 1 N–H and O–H groups in total. The van der Waals surface area contributed by atoms with E-state index in [2.05, 4.69) is 20.9 Å². The minimum absolute atomic E-state index is 0.534. The third-order valence-corrected chi connectivity index (χ3v) is 3.68. The van der Waals surface area contributed by atoms with Gasteiger partial charge in [-0.2, -0.15) is 0 Å². The number of fused-ring (bicyclic) bond motifs is 1. The van der Waals surface area contributed by atoms with Crippen LogP contribution in [0.1, 0.15) is 31.4 Å². The van der Waals surface area contributed by atoms with E-state index in [9.17, 15) is 9.90 Å². The van der Waals surface area contributed by atoms with E-state index in [-0.39, 0.29) is 0 Å². The molecule has 0 aliphatic heterocycles. The van der Waals surface area contributed by atoms with Gasteiger partial charge in [-0.05, 0) is 23.9 Å². The van der Waals surface area contributed by atoms with E-state index in [1.807, 2.05) is 31.2 Å². The van der Waals surface area contributed by atoms with E-state index < -0.39 is 11.9 Å². The topological polar surface area (TPSA) is 50.2 Å². The van der Waals surface area contributed by atoms with Crippen LogP contribution in [-0.2, 0) is 4.79 Å². The van der Waals surface area contributed by atoms with Crippen molar-refractivity contribution in [1.29, 1.82) is 0 Å². The molecule has 1 unspecified atom stereocenters. The van der Waals surface area contributed by atoms with Gasteiger partial charge in [0.2, 0.25) is 0 Å². The van der Waals surface area contributed by atoms with Gasteiger partial charge in [-0.3, -0.25) is 9.78 Å². The quantitative estimate of drug-likeness (QED) is 0.930. The van der Waals surface area contributed by atoms with Gasteiger partial charge in [0.1, 0.15) is 0 Å². The standard InChI is InChI=1S/C14H14BrNO2/c1-2-4-11(14(17)18)13-10-5-3-6-12(15)9(10)7-8-16-13/h3,5-8,11H,2,4H2,1H3,(H,17,18). The first kappa shape index (κ1) is 13.0. The summed E-state index contributed by atoms with van der Waals surface area (Å²) in [6, 6.07) is 7.67. The van der Waals surface area contributed by atoms with Crippen molar-refractivity contribution >= 4 is 32.7 Å². The first-order valence-corrected chi connectivity index (χ1v) is 6.70. The molecule has 18 heavy (non-hydrogen) atoms. The molecule has 0 saturated carbocycles. The molecule has 0 aliphatic rings. The van der Waals surface area contributed by atoms with Crippen LogP contribution in [0.5, 0.6) is 0 Å². The van der Waals surface area contributed by atoms with Gasteiger partial charge in [0, 0.05) is 16.1 Å². The minimum Gasteiger partial charge on any atom is -0.481 e. The van der Waals surface area contributed by atoms with Crippen LogP contribution in [0.4, 0.5) is 0 Å². The maximum Gasteiger partial charge on any atom is 0.312 e. The summed E-state index contributed by atoms with van der Waals surface area (Å²) >= 11 is 3.48. The molecule has 0 radical (unpaired) electrons. The summed E-state index contributed by atoms with van der Waals surface area (Å²) in [6.07, 6.45) is 3.10. The zero-order chi connectivity index (χ0) is 13.1. The maximum atomic E-state index is 11.4. The van der Waals surface area contributed by atoms with Crippen molar-refractivity contribution in [3.63, 3.8) is 0 Å². The number of carbonyl (C=O) groups is 1. The second kappa shape index (κ2) is 5.48. The van der Waals surface area contributed by atoms with Gasteiger partial charge in [-0.1, -0.05) is 41.4 Å². The summed E-state index contributed by atoms with van der Waals surface area (Å²) in [4.78, 5) is 15.7. The van der Waals surface area contributed by atoms with Crippen molar-refractivity contribution in [1.82, 2.24) is 4.98 Å². The van der Waals surface area contributed by atoms with Gasteiger partial charge in [-0.15, -0.1) is 0 Å². The Morgan fingerprint density at radius 1 is 1.39 bits per heavy atom. The molecule has 2 rings (SSSR count). The van der Waals surface area contributed by atoms with E-state index >= 15 is 0 Å². The number of hydrogen-bond acceptors (Lipinski definition) is 2. The summed E-state index contributed by atoms with van der Waals surface area (Å²) in [5.41, 5.74) is 0.656. The van der Waals surface area contributed by atoms with Crippen molar-refractivity contribution in [2.75, 3.05) is 0 Å². The van der Waals surface area contributed by atoms with E-state index in [4.69, 9.17) is 0 Å². The Morgan fingerprint density at radius 3 is 2.83 bits per heavy atom. The highest BCUT2D eigenvalue weighted by Gasteiger charge is 2.22. The molecule has 0 saturated heterocycles. The van der Waals surface area contributed by atoms with Crippen LogP contribution < -0.4 is 0 Å². The van der Waals surface area contributed by atoms with Crippen LogP contribution in [0.3, 0.4) is 0 Å². The fourth-order valence-electron chi connectivity index (χ4n) is 2.13. The average Bonchev–Trinajstić information content (AvgIpc) is 2.36. The van der Waals surface area contributed by atoms with Crippen molar-refractivity contribution in [2.24, 2.45) is 0 Å². The number of pyridine rings is 1. The number of carboxylic acids is 1. The van der Waals surface area contributed by atoms with Crippen LogP contribution in [-0.4, -0.2) is 16.1 Å². The van der Waals surface area contributed by atoms with Gasteiger partial charge in [-0.25, -0.2) is 0 Å². The van der Waals surface area contributed by atoms with Gasteiger partial charge < -0.3 is 5.11 Å². The summed E-state index contributed by atoms with van der Waals surface area (Å²) in [5.74, 6) is -1.34. The summed E-state index contributed by atoms with van der Waals surface area (Å²) in [6.45, 7) is 1.98. The number of benzene rings is 1. The van der Waals surface area contributed by atoms with E-state index in [0.717, 1.165) is 21.7 Å². The summed E-state index contributed by atoms with van der Waals surface area (Å²) in [5, 5.41) is 11.2. The predicted octanol–water partition coefficient (Wildman–Crippen LogP) is 3.97. The molecule has 1 aromatic carbocycles. The Kier molecular flexibility index (Phi) is 3.97. The zero-order valence-corrected chi connectivity index (χ0v) is 11.6. The summed E-state index contributed by atoms with van der Waals surface area (Å²) in [7, 11) is 0. The Balaban J connectivity index is 2.63. The van der Waals surface area contributed by atoms with E-state index in [1.54, 1.807) is 6.20 Å². The highest BCUT2D eigenvalue weighted by atomic mass is 79.9. The molecule has 4 heteroatoms. The van der Waals surface area contributed by atoms with Gasteiger partial charge >= 0.3 is 5.97 Å². The number of aromatic nitrogens is 1. The lowest BCUT2D eigenvalue weighted by Crippen LogP contribution is -2.13. The first-order valence-electron chi connectivity index (χ1n) is 5.91. The fourth-order valence-corrected chi connectivity index (χ4v) is 2.63. The molecule has 1 heterocycles. The predicted molar refractivity (Wildman–Crippen MR) is 74.7 cm³/mol. The molecule has 1 aromatic heterocycles. The number of rotatable bonds is 4. The average molecular weight is 308 g/mol. The Labute approximate surface area is 114 Å². The summed E-state index contributed by atoms with van der Waals surface area (Å²) < 4.78 is 0.962. The smallest absolute Gasteiger partial charge is 0.312 e. The number of hydrogen-bond donors (Lipinski definition) is 1. The van der Waals surface area contributed by atoms with E-state index in [1.165, 1.54) is 0 Å². The number of halogens is 1. The molecule has 3 nitrogen and oxygen atoms in total. The molecule has 0 aliphatic carbocycles. The largest absolute Gasteiger partial charge is 0.481 e. The Morgan fingerprint density at radius 2 is 2.17 bits per heavy atom. The molecule has 2 aromatic rings. The lowest BCUT2D eigenvalue weighted by atomic mass is 9.95. The minimum atomic E-state index is -0.808. The molecule has 0 bridgehead atoms. The van der Waals surface area contributed by atoms with Crippen LogP contribution in [0.15, 0.2) is 34.9 Å². The van der Waals surface area contributed by atoms with Crippen LogP contribution in [0, 0.1) is 0 Å². The zero-order valence-electron chi connectivity index (χ0n) is 10.1. The Bertz CT molecular complexity index is 583. The first-order chi connectivity index (χ1) is 8.65. The van der Waals surface area contributed by atoms with Crippen molar-refractivity contribution < 1.29 is 9.90 Å². The molecule has 0 fully saturated rings. The number of nitrogens with zero attached hydrogens (tertiary/aromatic N) is 1. The second-order valence-corrected chi connectivity index (χ2v) is 5.06. The third kappa shape index (κ3) is 2.38. The van der Waals surface area contributed by atoms with Crippen LogP contribution in [0.2, 0.25) is 0 Å². The SMILES string of the molecule is CCCC(C(=O)O)c1nccc2c(Br)cccc12. The lowest BCUT2D eigenvalue weighted by molar-refractivity contribution is -0.139. The van der Waals surface area contributed by atoms with Crippen LogP contribution >= 0.6 is 15.9 Å². The number of carboxylic acid groups (broad SMARTS) is 1. The molecule has 94 valence electrons. The molecule has 0 amide bonds. The van der Waals surface area contributed by atoms with Crippen molar-refractivity contribution in [3.8, 4) is 0 Å². The van der Waals surface area contributed by atoms with Crippen molar-refractivity contribution in [3.05, 3.63) is 40.6 Å². The molecular formula is C14H14BrNO2. The molecular weight excluding hydrogens is 294 g/mol. The maximum absolute atomic E-state index is 11.4. The fraction of sp³-hybridized carbons (Fsp3) is 0.286. The van der Waals surface area contributed by atoms with Gasteiger partial charge in [0.15, 0.2) is 0 Å².